The summed E-state index contributed by atoms with van der Waals surface area (Å²) in [5.41, 5.74) is 1.13. The maximum atomic E-state index is 13.8. The lowest BCUT2D eigenvalue weighted by Gasteiger charge is -2.27. The molecule has 1 aliphatic rings. The Morgan fingerprint density at radius 1 is 1.23 bits per heavy atom. The number of hydrogen-bond acceptors (Lipinski definition) is 7. The molecule has 0 bridgehead atoms. The van der Waals surface area contributed by atoms with Gasteiger partial charge in [0.25, 0.3) is 0 Å². The number of urea groups is 1. The number of ether oxygens (including phenoxy) is 1. The van der Waals surface area contributed by atoms with Gasteiger partial charge in [0, 0.05) is 49.9 Å². The average molecular weight is 626 g/mol. The molecule has 2 aromatic carbocycles. The first kappa shape index (κ1) is 31.6. The third-order valence-corrected chi connectivity index (χ3v) is 7.19. The molecule has 0 spiro atoms. The van der Waals surface area contributed by atoms with Crippen LogP contribution in [-0.2, 0) is 4.79 Å². The van der Waals surface area contributed by atoms with Crippen LogP contribution < -0.4 is 20.7 Å². The van der Waals surface area contributed by atoms with Crippen molar-refractivity contribution in [2.75, 3.05) is 44.6 Å². The lowest BCUT2D eigenvalue weighted by Crippen LogP contribution is -2.46. The normalized spacial score (nSPS) is 14.7. The van der Waals surface area contributed by atoms with Crippen molar-refractivity contribution in [2.45, 2.75) is 19.2 Å². The molecule has 1 atom stereocenters. The van der Waals surface area contributed by atoms with Gasteiger partial charge in [0.05, 0.1) is 15.2 Å². The second-order valence-corrected chi connectivity index (χ2v) is 10.3. The Bertz CT molecular complexity index is 1340. The first-order valence-corrected chi connectivity index (χ1v) is 13.4. The Labute approximate surface area is 240 Å². The molecule has 1 fully saturated rings. The van der Waals surface area contributed by atoms with Gasteiger partial charge in [-0.1, -0.05) is 34.5 Å². The van der Waals surface area contributed by atoms with E-state index in [1.165, 1.54) is 23.5 Å². The summed E-state index contributed by atoms with van der Waals surface area (Å²) in [6, 6.07) is 7.77. The molecule has 1 saturated heterocycles. The molecule has 0 aliphatic carbocycles. The van der Waals surface area contributed by atoms with Gasteiger partial charge in [-0.25, -0.2) is 19.0 Å². The summed E-state index contributed by atoms with van der Waals surface area (Å²) in [4.78, 5) is 27.9. The number of anilines is 1. The van der Waals surface area contributed by atoms with Crippen LogP contribution in [0.1, 0.15) is 18.6 Å². The number of aromatic nitrogens is 1. The number of nitrogens with one attached hydrogen (secondary N) is 3. The SMILES string of the molecule is CC(Oc1ccc2nc(NC(=O)NCCN3CCNCC3)sc2c1)c1c(Cl)ccc(F)c1Cl.O=C(O)C(F)(F)F. The van der Waals surface area contributed by atoms with Crippen molar-refractivity contribution in [1.82, 2.24) is 20.5 Å². The molecule has 9 nitrogen and oxygen atoms in total. The number of rotatable bonds is 7. The zero-order chi connectivity index (χ0) is 29.4. The maximum absolute atomic E-state index is 13.8. The first-order valence-electron chi connectivity index (χ1n) is 11.8. The summed E-state index contributed by atoms with van der Waals surface area (Å²) in [5, 5.41) is 16.9. The number of carbonyl (C=O) groups is 2. The van der Waals surface area contributed by atoms with E-state index in [-0.39, 0.29) is 11.1 Å². The fourth-order valence-corrected chi connectivity index (χ4v) is 5.18. The lowest BCUT2D eigenvalue weighted by molar-refractivity contribution is -0.192. The zero-order valence-corrected chi connectivity index (χ0v) is 23.3. The van der Waals surface area contributed by atoms with Crippen LogP contribution in [0.3, 0.4) is 0 Å². The van der Waals surface area contributed by atoms with E-state index in [9.17, 15) is 22.4 Å². The van der Waals surface area contributed by atoms with Crippen LogP contribution in [0.2, 0.25) is 10.0 Å². The highest BCUT2D eigenvalue weighted by Gasteiger charge is 2.38. The lowest BCUT2D eigenvalue weighted by atomic mass is 10.1. The third-order valence-electron chi connectivity index (χ3n) is 5.54. The van der Waals surface area contributed by atoms with Crippen LogP contribution >= 0.6 is 34.5 Å². The van der Waals surface area contributed by atoms with Crippen molar-refractivity contribution in [3.8, 4) is 5.75 Å². The van der Waals surface area contributed by atoms with Crippen LogP contribution in [0.5, 0.6) is 5.75 Å². The Hall–Kier alpha value is -2.91. The van der Waals surface area contributed by atoms with E-state index in [1.54, 1.807) is 19.1 Å². The van der Waals surface area contributed by atoms with E-state index in [1.807, 2.05) is 6.07 Å². The number of carboxylic acid groups (broad SMARTS) is 1. The fraction of sp³-hybridized carbons (Fsp3) is 0.375. The molecule has 1 aromatic heterocycles. The monoisotopic (exact) mass is 625 g/mol. The Kier molecular flexibility index (Phi) is 11.2. The van der Waals surface area contributed by atoms with E-state index in [4.69, 9.17) is 37.8 Å². The van der Waals surface area contributed by atoms with Crippen LogP contribution in [0.15, 0.2) is 30.3 Å². The average Bonchev–Trinajstić information content (AvgIpc) is 3.28. The van der Waals surface area contributed by atoms with Crippen LogP contribution in [-0.4, -0.2) is 72.4 Å². The molecule has 218 valence electrons. The topological polar surface area (TPSA) is 116 Å². The second kappa shape index (κ2) is 14.1. The molecule has 1 unspecified atom stereocenters. The summed E-state index contributed by atoms with van der Waals surface area (Å²) >= 11 is 13.6. The summed E-state index contributed by atoms with van der Waals surface area (Å²) in [5.74, 6) is -2.75. The predicted molar refractivity (Wildman–Crippen MR) is 145 cm³/mol. The molecule has 16 heteroatoms. The number of fused-ring (bicyclic) bond motifs is 1. The number of aliphatic carboxylic acids is 1. The molecule has 3 aromatic rings. The summed E-state index contributed by atoms with van der Waals surface area (Å²) in [7, 11) is 0. The largest absolute Gasteiger partial charge is 0.490 e. The zero-order valence-electron chi connectivity index (χ0n) is 20.9. The number of carbonyl (C=O) groups excluding carboxylic acids is 1. The van der Waals surface area contributed by atoms with Gasteiger partial charge in [0.15, 0.2) is 5.13 Å². The Balaban J connectivity index is 0.000000559. The highest BCUT2D eigenvalue weighted by molar-refractivity contribution is 7.22. The predicted octanol–water partition coefficient (Wildman–Crippen LogP) is 5.54. The van der Waals surface area contributed by atoms with E-state index in [0.717, 1.165) is 42.9 Å². The number of benzene rings is 2. The van der Waals surface area contributed by atoms with Crippen molar-refractivity contribution in [1.29, 1.82) is 0 Å². The summed E-state index contributed by atoms with van der Waals surface area (Å²) in [6.45, 7) is 7.06. The van der Waals surface area contributed by atoms with Crippen LogP contribution in [0, 0.1) is 5.82 Å². The summed E-state index contributed by atoms with van der Waals surface area (Å²) < 4.78 is 52.4. The Morgan fingerprint density at radius 3 is 2.55 bits per heavy atom. The van der Waals surface area contributed by atoms with E-state index < -0.39 is 24.1 Å². The number of piperazine rings is 1. The minimum absolute atomic E-state index is 0.0525. The second-order valence-electron chi connectivity index (χ2n) is 8.44. The van der Waals surface area contributed by atoms with Crippen molar-refractivity contribution >= 4 is 61.9 Å². The van der Waals surface area contributed by atoms with Gasteiger partial charge in [-0.05, 0) is 37.3 Å². The smallest absolute Gasteiger partial charge is 0.486 e. The van der Waals surface area contributed by atoms with Gasteiger partial charge < -0.3 is 20.5 Å². The van der Waals surface area contributed by atoms with Gasteiger partial charge in [0.2, 0.25) is 0 Å². The highest BCUT2D eigenvalue weighted by Crippen LogP contribution is 2.36. The molecular formula is C24H25Cl2F4N5O4S. The van der Waals surface area contributed by atoms with Crippen molar-refractivity contribution in [2.24, 2.45) is 0 Å². The molecule has 4 rings (SSSR count). The summed E-state index contributed by atoms with van der Waals surface area (Å²) in [6.07, 6.45) is -5.65. The van der Waals surface area contributed by atoms with E-state index >= 15 is 0 Å². The third kappa shape index (κ3) is 9.06. The van der Waals surface area contributed by atoms with E-state index in [0.29, 0.717) is 28.0 Å². The number of halogens is 6. The number of alkyl halides is 3. The molecule has 4 N–H and O–H groups in total. The molecular weight excluding hydrogens is 601 g/mol. The molecule has 2 heterocycles. The first-order chi connectivity index (χ1) is 18.8. The molecule has 0 radical (unpaired) electrons. The standard InChI is InChI=1S/C22H24Cl2FN5O2S.C2HF3O2/c1-13(19-15(23)3-4-16(25)20(19)24)32-14-2-5-17-18(12-14)33-22(28-17)29-21(31)27-8-11-30-9-6-26-7-10-30;3-2(4,5)1(6)7/h2-5,12-13,26H,6-11H2,1H3,(H2,27,28,29,31);(H,6,7). The van der Waals surface area contributed by atoms with Gasteiger partial charge in [-0.15, -0.1) is 0 Å². The minimum Gasteiger partial charge on any atom is -0.486 e. The van der Waals surface area contributed by atoms with Crippen molar-refractivity contribution < 1.29 is 37.0 Å². The Morgan fingerprint density at radius 2 is 1.90 bits per heavy atom. The van der Waals surface area contributed by atoms with Crippen LogP contribution in [0.25, 0.3) is 10.2 Å². The molecule has 2 amide bonds. The number of carboxylic acids is 1. The number of thiazole rings is 1. The molecule has 0 saturated carbocycles. The van der Waals surface area contributed by atoms with Crippen molar-refractivity contribution in [3.05, 3.63) is 51.8 Å². The quantitative estimate of drug-likeness (QED) is 0.201. The number of nitrogens with zero attached hydrogens (tertiary/aromatic N) is 2. The van der Waals surface area contributed by atoms with E-state index in [2.05, 4.69) is 25.8 Å². The van der Waals surface area contributed by atoms with Crippen molar-refractivity contribution in [3.63, 3.8) is 0 Å². The van der Waals surface area contributed by atoms with Gasteiger partial charge in [-0.3, -0.25) is 10.2 Å². The number of hydrogen-bond donors (Lipinski definition) is 4. The minimum atomic E-state index is -5.08. The highest BCUT2D eigenvalue weighted by atomic mass is 35.5. The fourth-order valence-electron chi connectivity index (χ4n) is 3.61. The maximum Gasteiger partial charge on any atom is 0.490 e. The van der Waals surface area contributed by atoms with Gasteiger partial charge in [-0.2, -0.15) is 13.2 Å². The number of amides is 2. The van der Waals surface area contributed by atoms with Crippen LogP contribution in [0.4, 0.5) is 27.5 Å². The molecule has 40 heavy (non-hydrogen) atoms. The van der Waals surface area contributed by atoms with Gasteiger partial charge in [0.1, 0.15) is 17.7 Å². The molecule has 1 aliphatic heterocycles. The van der Waals surface area contributed by atoms with Gasteiger partial charge >= 0.3 is 18.2 Å².